The Bertz CT molecular complexity index is 84.4. The molecular weight excluding hydrogens is 100 g/mol. The molecule has 0 aromatic rings. The van der Waals surface area contributed by atoms with Crippen LogP contribution in [0.4, 0.5) is 0 Å². The van der Waals surface area contributed by atoms with Crippen LogP contribution < -0.4 is 0 Å². The lowest BCUT2D eigenvalue weighted by Gasteiger charge is -2.12. The molecule has 0 saturated heterocycles. The number of aliphatic hydroxyl groups is 1. The van der Waals surface area contributed by atoms with E-state index in [9.17, 15) is 0 Å². The quantitative estimate of drug-likeness (QED) is 0.546. The Morgan fingerprint density at radius 2 is 1.75 bits per heavy atom. The van der Waals surface area contributed by atoms with Gasteiger partial charge in [0.1, 0.15) is 0 Å². The van der Waals surface area contributed by atoms with Crippen LogP contribution in [0, 0.1) is 11.8 Å². The fraction of sp³-hybridized carbons (Fsp3) is 0.714. The zero-order valence-corrected chi connectivity index (χ0v) is 5.81. The third-order valence-corrected chi connectivity index (χ3v) is 1.53. The van der Waals surface area contributed by atoms with Gasteiger partial charge in [-0.15, -0.1) is 0 Å². The van der Waals surface area contributed by atoms with E-state index in [2.05, 4.69) is 20.4 Å². The molecule has 0 aromatic carbocycles. The maximum Gasteiger partial charge on any atom is 0.0881 e. The Balaban J connectivity index is 3.64. The lowest BCUT2D eigenvalue weighted by molar-refractivity contribution is 0.299. The van der Waals surface area contributed by atoms with Crippen molar-refractivity contribution < 1.29 is 5.11 Å². The molecule has 0 aliphatic heterocycles. The predicted molar refractivity (Wildman–Crippen MR) is 35.8 cm³/mol. The summed E-state index contributed by atoms with van der Waals surface area (Å²) in [5.41, 5.74) is 0. The number of hydrogen-bond acceptors (Lipinski definition) is 1. The highest BCUT2D eigenvalue weighted by atomic mass is 16.3. The lowest BCUT2D eigenvalue weighted by atomic mass is 9.97. The van der Waals surface area contributed by atoms with Gasteiger partial charge in [-0.1, -0.05) is 27.4 Å². The Labute approximate surface area is 51.0 Å². The van der Waals surface area contributed by atoms with Gasteiger partial charge < -0.3 is 5.11 Å². The predicted octanol–water partition coefficient (Wildman–Crippen LogP) is 2.35. The first-order valence-electron chi connectivity index (χ1n) is 2.93. The third-order valence-electron chi connectivity index (χ3n) is 1.53. The minimum Gasteiger partial charge on any atom is -0.513 e. The average Bonchev–Trinajstić information content (AvgIpc) is 1.64. The maximum atomic E-state index is 8.80. The van der Waals surface area contributed by atoms with Gasteiger partial charge in [0, 0.05) is 5.92 Å². The molecule has 0 bridgehead atoms. The normalized spacial score (nSPS) is 14.0. The van der Waals surface area contributed by atoms with E-state index in [1.54, 1.807) is 0 Å². The first-order chi connectivity index (χ1) is 3.55. The van der Waals surface area contributed by atoms with Crippen LogP contribution in [-0.4, -0.2) is 5.11 Å². The first kappa shape index (κ1) is 7.54. The van der Waals surface area contributed by atoms with Crippen LogP contribution in [0.15, 0.2) is 12.3 Å². The van der Waals surface area contributed by atoms with Crippen LogP contribution in [0.3, 0.4) is 0 Å². The van der Waals surface area contributed by atoms with Crippen LogP contribution in [0.5, 0.6) is 0 Å². The molecule has 0 fully saturated rings. The van der Waals surface area contributed by atoms with Crippen molar-refractivity contribution in [2.24, 2.45) is 11.8 Å². The van der Waals surface area contributed by atoms with Gasteiger partial charge in [-0.2, -0.15) is 0 Å². The smallest absolute Gasteiger partial charge is 0.0881 e. The van der Waals surface area contributed by atoms with Crippen molar-refractivity contribution >= 4 is 0 Å². The van der Waals surface area contributed by atoms with Crippen molar-refractivity contribution in [3.8, 4) is 0 Å². The summed E-state index contributed by atoms with van der Waals surface area (Å²) in [6.45, 7) is 9.52. The number of rotatable bonds is 2. The number of hydrogen-bond donors (Lipinski definition) is 1. The van der Waals surface area contributed by atoms with Gasteiger partial charge in [0.05, 0.1) is 5.76 Å². The van der Waals surface area contributed by atoms with Crippen molar-refractivity contribution in [2.45, 2.75) is 20.8 Å². The molecular formula is C7H14O. The molecule has 1 heteroatoms. The fourth-order valence-electron chi connectivity index (χ4n) is 0.385. The van der Waals surface area contributed by atoms with Crippen LogP contribution in [-0.2, 0) is 0 Å². The summed E-state index contributed by atoms with van der Waals surface area (Å²) in [7, 11) is 0. The van der Waals surface area contributed by atoms with E-state index in [4.69, 9.17) is 5.11 Å². The van der Waals surface area contributed by atoms with Crippen molar-refractivity contribution in [3.05, 3.63) is 12.3 Å². The lowest BCUT2D eigenvalue weighted by Crippen LogP contribution is -2.05. The molecule has 1 N–H and O–H groups in total. The molecule has 1 nitrogen and oxygen atoms in total. The van der Waals surface area contributed by atoms with E-state index in [0.29, 0.717) is 11.7 Å². The van der Waals surface area contributed by atoms with E-state index < -0.39 is 0 Å². The summed E-state index contributed by atoms with van der Waals surface area (Å²) in [5, 5.41) is 8.80. The molecule has 0 aliphatic carbocycles. The minimum atomic E-state index is 0.231. The molecule has 8 heavy (non-hydrogen) atoms. The average molecular weight is 114 g/mol. The van der Waals surface area contributed by atoms with Crippen molar-refractivity contribution in [1.82, 2.24) is 0 Å². The number of aliphatic hydroxyl groups excluding tert-OH is 1. The Kier molecular flexibility index (Phi) is 2.59. The highest BCUT2D eigenvalue weighted by molar-refractivity contribution is 4.86. The second-order valence-electron chi connectivity index (χ2n) is 2.52. The second kappa shape index (κ2) is 2.75. The van der Waals surface area contributed by atoms with Gasteiger partial charge in [-0.3, -0.25) is 0 Å². The molecule has 0 saturated carbocycles. The van der Waals surface area contributed by atoms with Crippen LogP contribution in [0.2, 0.25) is 0 Å². The SMILES string of the molecule is C=C(O)C(C)C(C)C. The zero-order valence-electron chi connectivity index (χ0n) is 5.81. The van der Waals surface area contributed by atoms with Crippen molar-refractivity contribution in [1.29, 1.82) is 0 Å². The van der Waals surface area contributed by atoms with Crippen LogP contribution in [0.25, 0.3) is 0 Å². The summed E-state index contributed by atoms with van der Waals surface area (Å²) in [6, 6.07) is 0. The molecule has 0 aliphatic rings. The van der Waals surface area contributed by atoms with Crippen molar-refractivity contribution in [3.63, 3.8) is 0 Å². The minimum absolute atomic E-state index is 0.231. The Hall–Kier alpha value is -0.460. The zero-order chi connectivity index (χ0) is 6.73. The molecule has 0 rings (SSSR count). The highest BCUT2D eigenvalue weighted by Gasteiger charge is 2.08. The number of allylic oxidation sites excluding steroid dienone is 1. The Morgan fingerprint density at radius 1 is 1.38 bits per heavy atom. The van der Waals surface area contributed by atoms with Gasteiger partial charge in [0.25, 0.3) is 0 Å². The van der Waals surface area contributed by atoms with Crippen LogP contribution >= 0.6 is 0 Å². The molecule has 0 aromatic heterocycles. The first-order valence-corrected chi connectivity index (χ1v) is 2.93. The highest BCUT2D eigenvalue weighted by Crippen LogP contribution is 2.14. The van der Waals surface area contributed by atoms with Gasteiger partial charge in [0.2, 0.25) is 0 Å². The largest absolute Gasteiger partial charge is 0.513 e. The monoisotopic (exact) mass is 114 g/mol. The molecule has 1 unspecified atom stereocenters. The van der Waals surface area contributed by atoms with E-state index in [-0.39, 0.29) is 5.92 Å². The van der Waals surface area contributed by atoms with E-state index in [1.807, 2.05) is 6.92 Å². The topological polar surface area (TPSA) is 20.2 Å². The summed E-state index contributed by atoms with van der Waals surface area (Å²) >= 11 is 0. The molecule has 0 spiro atoms. The van der Waals surface area contributed by atoms with Gasteiger partial charge >= 0.3 is 0 Å². The summed E-state index contributed by atoms with van der Waals surface area (Å²) in [6.07, 6.45) is 0. The summed E-state index contributed by atoms with van der Waals surface area (Å²) in [4.78, 5) is 0. The van der Waals surface area contributed by atoms with Gasteiger partial charge in [-0.05, 0) is 5.92 Å². The standard InChI is InChI=1S/C7H14O/c1-5(2)6(3)7(4)8/h5-6,8H,4H2,1-3H3. The maximum absolute atomic E-state index is 8.80. The van der Waals surface area contributed by atoms with Gasteiger partial charge in [-0.25, -0.2) is 0 Å². The van der Waals surface area contributed by atoms with Crippen LogP contribution in [0.1, 0.15) is 20.8 Å². The molecule has 1 atom stereocenters. The van der Waals surface area contributed by atoms with E-state index in [0.717, 1.165) is 0 Å². The second-order valence-corrected chi connectivity index (χ2v) is 2.52. The van der Waals surface area contributed by atoms with E-state index in [1.165, 1.54) is 0 Å². The fourth-order valence-corrected chi connectivity index (χ4v) is 0.385. The van der Waals surface area contributed by atoms with E-state index >= 15 is 0 Å². The summed E-state index contributed by atoms with van der Waals surface area (Å²) in [5.74, 6) is 1.02. The third kappa shape index (κ3) is 2.01. The molecule has 0 radical (unpaired) electrons. The Morgan fingerprint density at radius 3 is 1.75 bits per heavy atom. The van der Waals surface area contributed by atoms with Crippen molar-refractivity contribution in [2.75, 3.05) is 0 Å². The molecule has 48 valence electrons. The molecule has 0 amide bonds. The summed E-state index contributed by atoms with van der Waals surface area (Å²) < 4.78 is 0. The molecule has 0 heterocycles. The van der Waals surface area contributed by atoms with Gasteiger partial charge in [0.15, 0.2) is 0 Å².